The van der Waals surface area contributed by atoms with Crippen LogP contribution in [0, 0.1) is 0 Å². The Kier molecular flexibility index (Phi) is 27.9. The number of rotatable bonds is 24. The van der Waals surface area contributed by atoms with Gasteiger partial charge in [-0.3, -0.25) is 4.99 Å². The quantitative estimate of drug-likeness (QED) is 0.0353. The SMILES string of the molecule is CCCCNC(=O)OCCCC(=Nc1c(C(C)C)cccc1C(C)C)c1cccc(-c2cc3ccccc3s2)n1.CCCCNC(=O)OCCCC(c1cccc(-c2cc3ccccc3s2)n1)=[N+](C)c1c(C(C)C)cccc1C(C)C.[Cl][Co][Cl]. The third kappa shape index (κ3) is 19.6. The van der Waals surface area contributed by atoms with Crippen molar-refractivity contribution < 1.29 is 36.5 Å². The summed E-state index contributed by atoms with van der Waals surface area (Å²) >= 11 is 3.91. The number of amides is 2. The molecule has 8 aromatic rings. The third-order valence-corrected chi connectivity index (χ3v) is 16.6. The molecule has 0 spiro atoms. The van der Waals surface area contributed by atoms with Crippen molar-refractivity contribution in [2.75, 3.05) is 33.4 Å². The van der Waals surface area contributed by atoms with Crippen LogP contribution >= 0.6 is 43.0 Å². The third-order valence-electron chi connectivity index (χ3n) is 14.3. The maximum atomic E-state index is 12.1. The molecule has 0 radical (unpaired) electrons. The number of thiophene rings is 2. The minimum atomic E-state index is -0.357. The van der Waals surface area contributed by atoms with E-state index >= 15 is 0 Å². The zero-order valence-corrected chi connectivity index (χ0v) is 55.0. The summed E-state index contributed by atoms with van der Waals surface area (Å²) in [6.07, 6.45) is 6.01. The molecule has 10 nitrogen and oxygen atoms in total. The normalized spacial score (nSPS) is 11.9. The molecule has 2 amide bonds. The molecule has 4 aromatic heterocycles. The first-order valence-corrected chi connectivity index (χ1v) is 34.1. The van der Waals surface area contributed by atoms with E-state index in [1.165, 1.54) is 48.1 Å². The Morgan fingerprint density at radius 1 is 0.560 bits per heavy atom. The van der Waals surface area contributed by atoms with Crippen LogP contribution in [0.1, 0.15) is 178 Å². The number of benzene rings is 4. The summed E-state index contributed by atoms with van der Waals surface area (Å²) in [6, 6.07) is 47.0. The Bertz CT molecular complexity index is 3330. The van der Waals surface area contributed by atoms with Crippen molar-refractivity contribution >= 4 is 98.1 Å². The van der Waals surface area contributed by atoms with Gasteiger partial charge in [-0.25, -0.2) is 19.6 Å². The van der Waals surface area contributed by atoms with Gasteiger partial charge in [0.25, 0.3) is 0 Å². The van der Waals surface area contributed by atoms with Crippen molar-refractivity contribution in [2.24, 2.45) is 4.99 Å². The molecule has 0 aliphatic heterocycles. The van der Waals surface area contributed by atoms with Crippen molar-refractivity contribution in [1.82, 2.24) is 20.6 Å². The average Bonchev–Trinajstić information content (AvgIpc) is 3.22. The number of alkyl carbamates (subject to hydrolysis) is 2. The number of nitrogens with one attached hydrogen (secondary N) is 2. The van der Waals surface area contributed by atoms with E-state index in [0.29, 0.717) is 82.1 Å². The van der Waals surface area contributed by atoms with Crippen molar-refractivity contribution in [2.45, 2.75) is 144 Å². The van der Waals surface area contributed by atoms with Crippen LogP contribution in [-0.2, 0) is 22.4 Å². The number of fused-ring (bicyclic) bond motifs is 2. The van der Waals surface area contributed by atoms with Crippen LogP contribution in [-0.4, -0.2) is 71.5 Å². The van der Waals surface area contributed by atoms with Gasteiger partial charge in [-0.05, 0) is 126 Å². The number of pyridine rings is 2. The molecule has 0 aliphatic rings. The predicted molar refractivity (Wildman–Crippen MR) is 354 cm³/mol. The van der Waals surface area contributed by atoms with Gasteiger partial charge in [0.2, 0.25) is 11.4 Å². The van der Waals surface area contributed by atoms with Crippen LogP contribution in [0.2, 0.25) is 0 Å². The molecule has 0 aliphatic carbocycles. The van der Waals surface area contributed by atoms with E-state index in [4.69, 9.17) is 44.7 Å². The van der Waals surface area contributed by atoms with Crippen LogP contribution in [0.4, 0.5) is 21.0 Å². The van der Waals surface area contributed by atoms with Gasteiger partial charge in [0, 0.05) is 40.0 Å². The van der Waals surface area contributed by atoms with Gasteiger partial charge in [-0.1, -0.05) is 167 Å². The zero-order chi connectivity index (χ0) is 60.5. The molecular weight excluding hydrogens is 1170 g/mol. The van der Waals surface area contributed by atoms with Crippen LogP contribution in [0.25, 0.3) is 41.3 Å². The van der Waals surface area contributed by atoms with Gasteiger partial charge in [0.15, 0.2) is 0 Å². The molecule has 2 N–H and O–H groups in total. The Balaban J connectivity index is 0.000000257. The fourth-order valence-corrected chi connectivity index (χ4v) is 11.9. The molecule has 4 aromatic carbocycles. The van der Waals surface area contributed by atoms with Crippen LogP contribution < -0.4 is 10.6 Å². The Labute approximate surface area is 522 Å². The second kappa shape index (κ2) is 34.9. The minimum absolute atomic E-state index is 0.329. The summed E-state index contributed by atoms with van der Waals surface area (Å²) in [4.78, 5) is 42.1. The summed E-state index contributed by atoms with van der Waals surface area (Å²) in [6.45, 7) is 24.0. The van der Waals surface area contributed by atoms with Crippen molar-refractivity contribution in [3.8, 4) is 21.1 Å². The van der Waals surface area contributed by atoms with Crippen molar-refractivity contribution in [3.63, 3.8) is 0 Å². The number of hydrogen-bond donors (Lipinski definition) is 2. The van der Waals surface area contributed by atoms with Crippen LogP contribution in [0.5, 0.6) is 0 Å². The van der Waals surface area contributed by atoms with Crippen molar-refractivity contribution in [1.29, 1.82) is 0 Å². The fourth-order valence-electron chi connectivity index (χ4n) is 9.85. The number of aliphatic imine (C=N–C) groups is 1. The van der Waals surface area contributed by atoms with Gasteiger partial charge in [-0.2, -0.15) is 4.58 Å². The molecule has 8 rings (SSSR count). The summed E-state index contributed by atoms with van der Waals surface area (Å²) < 4.78 is 15.8. The number of nitrogens with zero attached hydrogens (tertiary/aromatic N) is 4. The molecular formula is C69H85Cl2CoN6O4S2+. The average molecular weight is 1260 g/mol. The second-order valence-electron chi connectivity index (χ2n) is 22.0. The Hall–Kier alpha value is -5.93. The summed E-state index contributed by atoms with van der Waals surface area (Å²) in [5.41, 5.74) is 13.2. The fraction of sp³-hybridized carbons (Fsp3) is 0.391. The first-order chi connectivity index (χ1) is 40.6. The number of hydrogen-bond acceptors (Lipinski definition) is 9. The van der Waals surface area contributed by atoms with Gasteiger partial charge >= 0.3 is 45.4 Å². The van der Waals surface area contributed by atoms with E-state index in [2.05, 4.69) is 219 Å². The number of ether oxygens (including phenoxy) is 2. The van der Waals surface area contributed by atoms with Gasteiger partial charge in [0.1, 0.15) is 12.7 Å². The number of carbonyl (C=O) groups is 2. The molecule has 0 unspecified atom stereocenters. The van der Waals surface area contributed by atoms with E-state index in [1.54, 1.807) is 22.7 Å². The first kappa shape index (κ1) is 67.2. The van der Waals surface area contributed by atoms with E-state index in [0.717, 1.165) is 81.7 Å². The second-order valence-corrected chi connectivity index (χ2v) is 25.8. The number of carbonyl (C=O) groups excluding carboxylic acids is 2. The molecule has 0 atom stereocenters. The van der Waals surface area contributed by atoms with Gasteiger partial charge in [0.05, 0.1) is 51.4 Å². The van der Waals surface area contributed by atoms with Gasteiger partial charge in [-0.15, -0.1) is 22.7 Å². The topological polar surface area (TPSA) is 118 Å². The monoisotopic (exact) mass is 1250 g/mol. The van der Waals surface area contributed by atoms with Crippen molar-refractivity contribution in [3.05, 3.63) is 167 Å². The van der Waals surface area contributed by atoms with E-state index in [9.17, 15) is 9.59 Å². The van der Waals surface area contributed by atoms with E-state index < -0.39 is 0 Å². The number of para-hydroxylation sites is 2. The number of unbranched alkanes of at least 4 members (excludes halogenated alkanes) is 2. The number of halogens is 2. The summed E-state index contributed by atoms with van der Waals surface area (Å²) in [7, 11) is 11.6. The summed E-state index contributed by atoms with van der Waals surface area (Å²) in [5.74, 6) is 1.43. The zero-order valence-electron chi connectivity index (χ0n) is 50.8. The van der Waals surface area contributed by atoms with E-state index in [1.807, 2.05) is 6.07 Å². The molecule has 0 saturated heterocycles. The molecule has 449 valence electrons. The summed E-state index contributed by atoms with van der Waals surface area (Å²) in [5, 5.41) is 8.12. The molecule has 0 bridgehead atoms. The van der Waals surface area contributed by atoms with Crippen LogP contribution in [0.15, 0.2) is 138 Å². The van der Waals surface area contributed by atoms with Crippen LogP contribution in [0.3, 0.4) is 0 Å². The standard InChI is InChI=1S/C35H43N3O2S.C34H41N3O2S.2ClH.Co/c1-7-8-21-36-35(39)40-22-13-19-31(38(6)34-27(24(2)3)15-11-16-28(34)25(4)5)29-17-12-18-30(37-29)33-23-26-14-9-10-20-32(26)41-33;1-6-7-20-35-34(38)39-21-12-18-29(37-33-26(23(2)3)14-10-15-27(33)24(4)5)28-16-11-17-30(36-28)32-22-25-13-8-9-19-31(25)40-32;;;/h9-12,14-18,20,23-25H,7-8,13,19,21-22H2,1-6H3;8-11,13-17,19,22-24H,6-7,12,18,20-21H2,1-5H3,(H,35,38);2*1H;/q;;;;+2/p-1. The molecule has 4 heterocycles. The number of aromatic nitrogens is 2. The Morgan fingerprint density at radius 2 is 0.976 bits per heavy atom. The Morgan fingerprint density at radius 3 is 1.43 bits per heavy atom. The molecule has 0 saturated carbocycles. The molecule has 84 heavy (non-hydrogen) atoms. The molecule has 0 fully saturated rings. The van der Waals surface area contributed by atoms with E-state index in [-0.39, 0.29) is 12.2 Å². The maximum absolute atomic E-state index is 12.1. The predicted octanol–water partition coefficient (Wildman–Crippen LogP) is 20.3. The molecule has 15 heteroatoms. The first-order valence-electron chi connectivity index (χ1n) is 29.6. The van der Waals surface area contributed by atoms with Gasteiger partial charge < -0.3 is 20.1 Å².